The van der Waals surface area contributed by atoms with Crippen LogP contribution in [0, 0.1) is 26.1 Å². The molecule has 1 atom stereocenters. The first-order chi connectivity index (χ1) is 9.43. The lowest BCUT2D eigenvalue weighted by Gasteiger charge is -2.16. The van der Waals surface area contributed by atoms with Gasteiger partial charge >= 0.3 is 0 Å². The molecule has 2 rings (SSSR count). The van der Waals surface area contributed by atoms with Crippen molar-refractivity contribution in [3.8, 4) is 0 Å². The Morgan fingerprint density at radius 3 is 2.50 bits per heavy atom. The van der Waals surface area contributed by atoms with E-state index in [1.165, 1.54) is 11.0 Å². The van der Waals surface area contributed by atoms with Crippen LogP contribution in [0.15, 0.2) is 18.2 Å². The number of carbonyl (C=O) groups excluding carboxylic acids is 1. The summed E-state index contributed by atoms with van der Waals surface area (Å²) in [6.45, 7) is 0.364. The number of halogens is 1. The number of benzene rings is 1. The monoisotopic (exact) mass is 343 g/mol. The maximum absolute atomic E-state index is 11.9. The minimum atomic E-state index is -0.711. The van der Waals surface area contributed by atoms with Gasteiger partial charge in [0.1, 0.15) is 5.69 Å². The lowest BCUT2D eigenvalue weighted by molar-refractivity contribution is -0.393. The van der Waals surface area contributed by atoms with E-state index in [0.29, 0.717) is 18.3 Å². The molecule has 0 spiro atoms. The Morgan fingerprint density at radius 1 is 1.30 bits per heavy atom. The van der Waals surface area contributed by atoms with Gasteiger partial charge in [0.05, 0.1) is 15.9 Å². The normalized spacial score (nSPS) is 18.4. The van der Waals surface area contributed by atoms with Crippen molar-refractivity contribution < 1.29 is 14.6 Å². The van der Waals surface area contributed by atoms with E-state index >= 15 is 0 Å². The minimum absolute atomic E-state index is 0.0808. The summed E-state index contributed by atoms with van der Waals surface area (Å²) in [7, 11) is 0. The Balaban J connectivity index is 2.44. The number of anilines is 1. The zero-order valence-electron chi connectivity index (χ0n) is 10.2. The number of nitro groups is 2. The highest BCUT2D eigenvalue weighted by Crippen LogP contribution is 2.35. The van der Waals surface area contributed by atoms with E-state index in [2.05, 4.69) is 15.9 Å². The summed E-state index contributed by atoms with van der Waals surface area (Å²) in [4.78, 5) is 33.5. The van der Waals surface area contributed by atoms with Crippen molar-refractivity contribution >= 4 is 38.9 Å². The molecule has 1 unspecified atom stereocenters. The molecule has 1 aliphatic rings. The third-order valence-corrected chi connectivity index (χ3v) is 4.00. The van der Waals surface area contributed by atoms with Crippen LogP contribution in [0.3, 0.4) is 0 Å². The van der Waals surface area contributed by atoms with Crippen LogP contribution in [-0.2, 0) is 4.79 Å². The third-order valence-electron chi connectivity index (χ3n) is 3.08. The number of amides is 1. The fourth-order valence-electron chi connectivity index (χ4n) is 2.12. The van der Waals surface area contributed by atoms with Gasteiger partial charge in [-0.3, -0.25) is 25.0 Å². The lowest BCUT2D eigenvalue weighted by Crippen LogP contribution is -2.25. The molecule has 1 aromatic rings. The van der Waals surface area contributed by atoms with Crippen molar-refractivity contribution in [1.29, 1.82) is 0 Å². The quantitative estimate of drug-likeness (QED) is 0.473. The number of hydrogen-bond acceptors (Lipinski definition) is 5. The van der Waals surface area contributed by atoms with Crippen molar-refractivity contribution in [2.24, 2.45) is 5.92 Å². The first-order valence-corrected chi connectivity index (χ1v) is 6.85. The molecule has 8 nitrogen and oxygen atoms in total. The van der Waals surface area contributed by atoms with E-state index in [9.17, 15) is 25.0 Å². The molecule has 1 saturated heterocycles. The third kappa shape index (κ3) is 2.62. The van der Waals surface area contributed by atoms with E-state index in [-0.39, 0.29) is 23.2 Å². The van der Waals surface area contributed by atoms with Gasteiger partial charge in [-0.15, -0.1) is 0 Å². The number of nitro benzene ring substituents is 2. The standard InChI is InChI=1S/C11H10BrN3O5/c12-5-7-3-11(16)13(6-7)9-2-1-8(14(17)18)4-10(9)15(19)20/h1-2,4,7H,3,5-6H2. The van der Waals surface area contributed by atoms with E-state index in [1.807, 2.05) is 0 Å². The molecule has 0 saturated carbocycles. The zero-order chi connectivity index (χ0) is 14.9. The van der Waals surface area contributed by atoms with Gasteiger partial charge in [0.25, 0.3) is 11.4 Å². The van der Waals surface area contributed by atoms with E-state index in [1.54, 1.807) is 0 Å². The van der Waals surface area contributed by atoms with E-state index < -0.39 is 15.5 Å². The molecule has 1 fully saturated rings. The Morgan fingerprint density at radius 2 is 2.00 bits per heavy atom. The molecule has 1 aliphatic heterocycles. The smallest absolute Gasteiger partial charge is 0.299 e. The number of hydrogen-bond donors (Lipinski definition) is 0. The summed E-state index contributed by atoms with van der Waals surface area (Å²) in [5.41, 5.74) is -0.694. The highest BCUT2D eigenvalue weighted by Gasteiger charge is 2.34. The van der Waals surface area contributed by atoms with Crippen LogP contribution in [0.25, 0.3) is 0 Å². The summed E-state index contributed by atoms with van der Waals surface area (Å²) in [5, 5.41) is 22.3. The Labute approximate surface area is 121 Å². The van der Waals surface area contributed by atoms with Crippen LogP contribution in [0.2, 0.25) is 0 Å². The van der Waals surface area contributed by atoms with Crippen LogP contribution < -0.4 is 4.90 Å². The molecule has 0 bridgehead atoms. The van der Waals surface area contributed by atoms with Gasteiger partial charge in [-0.25, -0.2) is 0 Å². The topological polar surface area (TPSA) is 107 Å². The van der Waals surface area contributed by atoms with Crippen LogP contribution in [0.4, 0.5) is 17.1 Å². The van der Waals surface area contributed by atoms with Gasteiger partial charge in [0.2, 0.25) is 5.91 Å². The van der Waals surface area contributed by atoms with Gasteiger partial charge in [-0.05, 0) is 12.0 Å². The number of alkyl halides is 1. The number of carbonyl (C=O) groups is 1. The molecular formula is C11H10BrN3O5. The van der Waals surface area contributed by atoms with E-state index in [4.69, 9.17) is 0 Å². The van der Waals surface area contributed by atoms with Gasteiger partial charge < -0.3 is 4.90 Å². The first kappa shape index (κ1) is 14.4. The zero-order valence-corrected chi connectivity index (χ0v) is 11.8. The van der Waals surface area contributed by atoms with Crippen molar-refractivity contribution in [2.75, 3.05) is 16.8 Å². The first-order valence-electron chi connectivity index (χ1n) is 5.73. The van der Waals surface area contributed by atoms with Crippen molar-refractivity contribution in [1.82, 2.24) is 0 Å². The molecule has 1 aromatic carbocycles. The second kappa shape index (κ2) is 5.53. The van der Waals surface area contributed by atoms with Crippen molar-refractivity contribution in [3.63, 3.8) is 0 Å². The summed E-state index contributed by atoms with van der Waals surface area (Å²) in [6, 6.07) is 3.30. The molecule has 1 amide bonds. The largest absolute Gasteiger partial charge is 0.306 e. The Bertz CT molecular complexity index is 591. The molecule has 9 heteroatoms. The van der Waals surface area contributed by atoms with Crippen LogP contribution in [-0.4, -0.2) is 27.6 Å². The second-order valence-electron chi connectivity index (χ2n) is 4.42. The molecular weight excluding hydrogens is 334 g/mol. The minimum Gasteiger partial charge on any atom is -0.306 e. The summed E-state index contributed by atoms with van der Waals surface area (Å²) in [5.74, 6) is -0.135. The maximum Gasteiger partial charge on any atom is 0.299 e. The van der Waals surface area contributed by atoms with Crippen LogP contribution >= 0.6 is 15.9 Å². The van der Waals surface area contributed by atoms with Gasteiger partial charge in [-0.1, -0.05) is 15.9 Å². The second-order valence-corrected chi connectivity index (χ2v) is 5.06. The molecule has 0 radical (unpaired) electrons. The van der Waals surface area contributed by atoms with Gasteiger partial charge in [0.15, 0.2) is 0 Å². The fraction of sp³-hybridized carbons (Fsp3) is 0.364. The predicted molar refractivity (Wildman–Crippen MR) is 74.0 cm³/mol. The number of non-ortho nitro benzene ring substituents is 1. The molecule has 0 aromatic heterocycles. The summed E-state index contributed by atoms with van der Waals surface area (Å²) < 4.78 is 0. The van der Waals surface area contributed by atoms with Crippen LogP contribution in [0.1, 0.15) is 6.42 Å². The highest BCUT2D eigenvalue weighted by atomic mass is 79.9. The Hall–Kier alpha value is -2.03. The molecule has 1 heterocycles. The highest BCUT2D eigenvalue weighted by molar-refractivity contribution is 9.09. The fourth-order valence-corrected chi connectivity index (χ4v) is 2.55. The maximum atomic E-state index is 11.9. The van der Waals surface area contributed by atoms with Crippen LogP contribution in [0.5, 0.6) is 0 Å². The molecule has 106 valence electrons. The van der Waals surface area contributed by atoms with E-state index in [0.717, 1.165) is 12.1 Å². The lowest BCUT2D eigenvalue weighted by atomic mass is 10.2. The Kier molecular flexibility index (Phi) is 3.98. The average molecular weight is 344 g/mol. The van der Waals surface area contributed by atoms with Crippen molar-refractivity contribution in [3.05, 3.63) is 38.4 Å². The molecule has 20 heavy (non-hydrogen) atoms. The summed E-state index contributed by atoms with van der Waals surface area (Å²) >= 11 is 3.28. The van der Waals surface area contributed by atoms with Crippen molar-refractivity contribution in [2.45, 2.75) is 6.42 Å². The summed E-state index contributed by atoms with van der Waals surface area (Å²) in [6.07, 6.45) is 0.305. The molecule has 0 aliphatic carbocycles. The average Bonchev–Trinajstić information content (AvgIpc) is 2.79. The number of rotatable bonds is 4. The van der Waals surface area contributed by atoms with Gasteiger partial charge in [0, 0.05) is 24.4 Å². The molecule has 0 N–H and O–H groups in total. The van der Waals surface area contributed by atoms with Gasteiger partial charge in [-0.2, -0.15) is 0 Å². The predicted octanol–water partition coefficient (Wildman–Crippen LogP) is 2.25. The SMILES string of the molecule is O=C1CC(CBr)CN1c1ccc([N+](=O)[O-])cc1[N+](=O)[O-]. The number of nitrogens with zero attached hydrogens (tertiary/aromatic N) is 3.